The molecule has 0 aliphatic carbocycles. The summed E-state index contributed by atoms with van der Waals surface area (Å²) in [6, 6.07) is 7.52. The van der Waals surface area contributed by atoms with Crippen molar-refractivity contribution in [1.29, 1.82) is 0 Å². The SMILES string of the molecule is CC.CC(C)=N/C=C\NC=O.CCC(CCNC)CC(=O)Cc1ccccc1S(C)=O. The molecule has 176 valence electrons. The summed E-state index contributed by atoms with van der Waals surface area (Å²) < 4.78 is 11.7. The maximum atomic E-state index is 12.2. The van der Waals surface area contributed by atoms with Gasteiger partial charge in [-0.3, -0.25) is 18.8 Å². The summed E-state index contributed by atoms with van der Waals surface area (Å²) in [5.74, 6) is 0.681. The molecule has 0 saturated heterocycles. The van der Waals surface area contributed by atoms with Crippen molar-refractivity contribution in [3.05, 3.63) is 42.2 Å². The highest BCUT2D eigenvalue weighted by Crippen LogP contribution is 2.18. The first-order valence-electron chi connectivity index (χ1n) is 10.8. The third-order valence-corrected chi connectivity index (χ3v) is 5.16. The molecule has 2 atom stereocenters. The average molecular weight is 452 g/mol. The Morgan fingerprint density at radius 1 is 1.23 bits per heavy atom. The maximum Gasteiger partial charge on any atom is 0.211 e. The van der Waals surface area contributed by atoms with Crippen LogP contribution in [0.5, 0.6) is 0 Å². The molecule has 6 nitrogen and oxygen atoms in total. The smallest absolute Gasteiger partial charge is 0.211 e. The molecule has 31 heavy (non-hydrogen) atoms. The first-order valence-corrected chi connectivity index (χ1v) is 12.3. The summed E-state index contributed by atoms with van der Waals surface area (Å²) in [6.45, 7) is 10.8. The van der Waals surface area contributed by atoms with Crippen LogP contribution in [-0.4, -0.2) is 42.0 Å². The Morgan fingerprint density at radius 2 is 1.87 bits per heavy atom. The highest BCUT2D eigenvalue weighted by Gasteiger charge is 2.14. The van der Waals surface area contributed by atoms with Crippen LogP contribution >= 0.6 is 0 Å². The van der Waals surface area contributed by atoms with Gasteiger partial charge in [-0.1, -0.05) is 45.4 Å². The van der Waals surface area contributed by atoms with E-state index in [1.54, 1.807) is 6.26 Å². The molecule has 0 fully saturated rings. The van der Waals surface area contributed by atoms with E-state index in [1.165, 1.54) is 12.4 Å². The highest BCUT2D eigenvalue weighted by atomic mass is 32.2. The van der Waals surface area contributed by atoms with Gasteiger partial charge in [0.15, 0.2) is 0 Å². The number of rotatable bonds is 12. The lowest BCUT2D eigenvalue weighted by atomic mass is 9.93. The van der Waals surface area contributed by atoms with Crippen molar-refractivity contribution in [3.8, 4) is 0 Å². The Labute approximate surface area is 191 Å². The van der Waals surface area contributed by atoms with Crippen LogP contribution in [0.1, 0.15) is 59.4 Å². The number of ketones is 1. The van der Waals surface area contributed by atoms with Crippen LogP contribution < -0.4 is 10.6 Å². The summed E-state index contributed by atoms with van der Waals surface area (Å²) in [5, 5.41) is 5.46. The lowest BCUT2D eigenvalue weighted by Crippen LogP contribution is -2.17. The summed E-state index contributed by atoms with van der Waals surface area (Å²) in [4.78, 5) is 26.5. The fourth-order valence-corrected chi connectivity index (χ4v) is 3.38. The number of amides is 1. The third-order valence-electron chi connectivity index (χ3n) is 4.14. The van der Waals surface area contributed by atoms with Gasteiger partial charge in [0.1, 0.15) is 5.78 Å². The van der Waals surface area contributed by atoms with Crippen molar-refractivity contribution in [2.75, 3.05) is 19.8 Å². The van der Waals surface area contributed by atoms with Crippen LogP contribution in [0.3, 0.4) is 0 Å². The van der Waals surface area contributed by atoms with E-state index >= 15 is 0 Å². The topological polar surface area (TPSA) is 87.6 Å². The van der Waals surface area contributed by atoms with Crippen LogP contribution in [0, 0.1) is 5.92 Å². The number of nitrogens with zero attached hydrogens (tertiary/aromatic N) is 1. The second-order valence-electron chi connectivity index (χ2n) is 6.82. The van der Waals surface area contributed by atoms with Gasteiger partial charge in [0.2, 0.25) is 6.41 Å². The number of hydrogen-bond acceptors (Lipinski definition) is 5. The van der Waals surface area contributed by atoms with Gasteiger partial charge in [0, 0.05) is 42.1 Å². The van der Waals surface area contributed by atoms with E-state index in [0.717, 1.165) is 35.6 Å². The number of carbonyl (C=O) groups excluding carboxylic acids is 2. The highest BCUT2D eigenvalue weighted by molar-refractivity contribution is 7.84. The predicted octanol–water partition coefficient (Wildman–Crippen LogP) is 4.27. The summed E-state index contributed by atoms with van der Waals surface area (Å²) in [7, 11) is 0.893. The van der Waals surface area contributed by atoms with Gasteiger partial charge in [-0.05, 0) is 51.4 Å². The Bertz CT molecular complexity index is 699. The number of benzene rings is 1. The molecule has 0 bridgehead atoms. The Balaban J connectivity index is 0. The van der Waals surface area contributed by atoms with Gasteiger partial charge in [-0.2, -0.15) is 0 Å². The minimum absolute atomic E-state index is 0.242. The number of nitrogens with one attached hydrogen (secondary N) is 2. The zero-order chi connectivity index (χ0) is 24.1. The molecular formula is C24H41N3O3S. The van der Waals surface area contributed by atoms with Crippen LogP contribution in [0.15, 0.2) is 46.6 Å². The first kappa shape index (κ1) is 31.1. The van der Waals surface area contributed by atoms with Gasteiger partial charge in [0.25, 0.3) is 0 Å². The standard InChI is InChI=1S/C16H25NO2S.C6H10N2O.C2H6/c1-4-13(9-10-17-2)11-15(18)12-14-7-5-6-8-16(14)20(3)19;1-6(2)8-4-3-7-5-9;1-2/h5-8,13,17H,4,9-12H2,1-3H3;3-5H,1-2H3,(H,7,9);1-2H3/b;4-3-;. The molecular weight excluding hydrogens is 410 g/mol. The van der Waals surface area contributed by atoms with Gasteiger partial charge < -0.3 is 10.6 Å². The zero-order valence-corrected chi connectivity index (χ0v) is 21.1. The number of carbonyl (C=O) groups is 2. The number of hydrogen-bond donors (Lipinski definition) is 2. The van der Waals surface area contributed by atoms with E-state index < -0.39 is 10.8 Å². The van der Waals surface area contributed by atoms with Crippen LogP contribution in [0.2, 0.25) is 0 Å². The minimum Gasteiger partial charge on any atom is -0.334 e. The molecule has 1 rings (SSSR count). The van der Waals surface area contributed by atoms with Gasteiger partial charge >= 0.3 is 0 Å². The fourth-order valence-electron chi connectivity index (χ4n) is 2.60. The van der Waals surface area contributed by atoms with E-state index in [9.17, 15) is 13.8 Å². The van der Waals surface area contributed by atoms with E-state index in [-0.39, 0.29) is 5.78 Å². The molecule has 0 radical (unpaired) electrons. The van der Waals surface area contributed by atoms with Crippen LogP contribution in [-0.2, 0) is 26.8 Å². The van der Waals surface area contributed by atoms with Gasteiger partial charge in [-0.25, -0.2) is 0 Å². The van der Waals surface area contributed by atoms with Crippen molar-refractivity contribution in [2.45, 2.75) is 65.2 Å². The van der Waals surface area contributed by atoms with Crippen LogP contribution in [0.25, 0.3) is 0 Å². The Morgan fingerprint density at radius 3 is 2.39 bits per heavy atom. The van der Waals surface area contributed by atoms with Crippen molar-refractivity contribution in [1.82, 2.24) is 10.6 Å². The maximum absolute atomic E-state index is 12.2. The normalized spacial score (nSPS) is 11.8. The lowest BCUT2D eigenvalue weighted by molar-refractivity contribution is -0.119. The van der Waals surface area contributed by atoms with Gasteiger partial charge in [-0.15, -0.1) is 0 Å². The molecule has 0 aliphatic rings. The molecule has 0 aliphatic heterocycles. The van der Waals surface area contributed by atoms with Gasteiger partial charge in [0.05, 0.1) is 10.8 Å². The van der Waals surface area contributed by atoms with Crippen molar-refractivity contribution < 1.29 is 13.8 Å². The molecule has 1 amide bonds. The molecule has 0 saturated carbocycles. The second-order valence-corrected chi connectivity index (χ2v) is 8.17. The molecule has 2 unspecified atom stereocenters. The van der Waals surface area contributed by atoms with Crippen molar-refractivity contribution in [3.63, 3.8) is 0 Å². The average Bonchev–Trinajstić information content (AvgIpc) is 2.76. The van der Waals surface area contributed by atoms with Crippen molar-refractivity contribution >= 4 is 28.7 Å². The molecule has 0 heterocycles. The first-order chi connectivity index (χ1) is 14.8. The molecule has 1 aromatic carbocycles. The van der Waals surface area contributed by atoms with Crippen LogP contribution in [0.4, 0.5) is 0 Å². The number of Topliss-reactive ketones (excluding diaryl/α,β-unsaturated/α-hetero) is 1. The Kier molecular flexibility index (Phi) is 21.2. The lowest BCUT2D eigenvalue weighted by Gasteiger charge is -2.14. The summed E-state index contributed by atoms with van der Waals surface area (Å²) in [5.41, 5.74) is 1.86. The van der Waals surface area contributed by atoms with E-state index in [4.69, 9.17) is 0 Å². The summed E-state index contributed by atoms with van der Waals surface area (Å²) in [6.07, 6.45) is 8.31. The predicted molar refractivity (Wildman–Crippen MR) is 133 cm³/mol. The quantitative estimate of drug-likeness (QED) is 0.367. The van der Waals surface area contributed by atoms with Crippen molar-refractivity contribution in [2.24, 2.45) is 10.9 Å². The van der Waals surface area contributed by atoms with E-state index in [1.807, 2.05) is 59.0 Å². The molecule has 7 heteroatoms. The molecule has 0 aromatic heterocycles. The third kappa shape index (κ3) is 17.3. The Hall–Kier alpha value is -2.12. The largest absolute Gasteiger partial charge is 0.334 e. The minimum atomic E-state index is -1.04. The van der Waals surface area contributed by atoms with E-state index in [0.29, 0.717) is 25.2 Å². The zero-order valence-electron chi connectivity index (χ0n) is 20.2. The molecule has 0 spiro atoms. The van der Waals surface area contributed by atoms with E-state index in [2.05, 4.69) is 22.5 Å². The number of aliphatic imine (C=N–C) groups is 1. The molecule has 1 aromatic rings. The monoisotopic (exact) mass is 451 g/mol. The second kappa shape index (κ2) is 21.1. The molecule has 2 N–H and O–H groups in total. The summed E-state index contributed by atoms with van der Waals surface area (Å²) >= 11 is 0. The fraction of sp³-hybridized carbons (Fsp3) is 0.542.